The number of hydrogen-bond donors (Lipinski definition) is 1. The van der Waals surface area contributed by atoms with E-state index in [1.165, 1.54) is 17.6 Å². The number of phenols is 1. The Morgan fingerprint density at radius 3 is 2.32 bits per heavy atom. The molecule has 166 valence electrons. The van der Waals surface area contributed by atoms with Crippen molar-refractivity contribution in [3.63, 3.8) is 0 Å². The van der Waals surface area contributed by atoms with Gasteiger partial charge in [-0.3, -0.25) is 0 Å². The van der Waals surface area contributed by atoms with E-state index < -0.39 is 5.97 Å². The Balaban J connectivity index is 1.93. The molecule has 1 heterocycles. The summed E-state index contributed by atoms with van der Waals surface area (Å²) in [4.78, 5) is 14.3. The van der Waals surface area contributed by atoms with Crippen molar-refractivity contribution in [2.24, 2.45) is 0 Å². The van der Waals surface area contributed by atoms with Gasteiger partial charge in [0, 0.05) is 5.56 Å². The molecular weight excluding hydrogens is 390 g/mol. The first-order valence-corrected chi connectivity index (χ1v) is 11.1. The van der Waals surface area contributed by atoms with Gasteiger partial charge in [0.25, 0.3) is 0 Å². The van der Waals surface area contributed by atoms with E-state index in [0.29, 0.717) is 27.8 Å². The molecule has 0 bridgehead atoms. The van der Waals surface area contributed by atoms with E-state index in [-0.39, 0.29) is 17.3 Å². The van der Waals surface area contributed by atoms with Crippen molar-refractivity contribution in [3.8, 4) is 11.4 Å². The Hall–Kier alpha value is -2.89. The van der Waals surface area contributed by atoms with E-state index in [2.05, 4.69) is 17.1 Å². The molecule has 3 rings (SSSR count). The summed E-state index contributed by atoms with van der Waals surface area (Å²) >= 11 is 0. The number of nitrogens with zero attached hydrogens (tertiary/aromatic N) is 3. The first-order chi connectivity index (χ1) is 14.7. The lowest BCUT2D eigenvalue weighted by molar-refractivity contribution is 0.0319. The van der Waals surface area contributed by atoms with Crippen molar-refractivity contribution in [2.45, 2.75) is 78.2 Å². The number of aromatic nitrogens is 3. The van der Waals surface area contributed by atoms with Gasteiger partial charge in [-0.25, -0.2) is 4.79 Å². The van der Waals surface area contributed by atoms with Crippen LogP contribution in [0.5, 0.6) is 5.75 Å². The maximum Gasteiger partial charge on any atom is 0.338 e. The highest BCUT2D eigenvalue weighted by atomic mass is 16.5. The molecule has 0 fully saturated rings. The van der Waals surface area contributed by atoms with Gasteiger partial charge in [-0.05, 0) is 49.4 Å². The van der Waals surface area contributed by atoms with Crippen LogP contribution in [0.3, 0.4) is 0 Å². The number of carbonyl (C=O) groups is 1. The van der Waals surface area contributed by atoms with Crippen LogP contribution in [0, 0.1) is 0 Å². The number of phenolic OH excluding ortho intramolecular Hbond substituents is 1. The summed E-state index contributed by atoms with van der Waals surface area (Å²) in [6.45, 7) is 10.1. The van der Waals surface area contributed by atoms with Crippen molar-refractivity contribution in [2.75, 3.05) is 0 Å². The molecule has 0 aliphatic rings. The first kappa shape index (κ1) is 22.8. The zero-order valence-electron chi connectivity index (χ0n) is 19.2. The van der Waals surface area contributed by atoms with Crippen LogP contribution in [0.15, 0.2) is 36.4 Å². The van der Waals surface area contributed by atoms with Crippen LogP contribution in [0.1, 0.15) is 82.6 Å². The lowest BCUT2D eigenvalue weighted by Crippen LogP contribution is -2.18. The normalized spacial score (nSPS) is 12.8. The maximum absolute atomic E-state index is 12.9. The average molecular weight is 424 g/mol. The van der Waals surface area contributed by atoms with Gasteiger partial charge in [0.1, 0.15) is 22.5 Å². The van der Waals surface area contributed by atoms with Crippen molar-refractivity contribution >= 4 is 17.0 Å². The Morgan fingerprint density at radius 2 is 1.74 bits per heavy atom. The van der Waals surface area contributed by atoms with E-state index in [4.69, 9.17) is 4.74 Å². The van der Waals surface area contributed by atoms with Crippen molar-refractivity contribution in [1.29, 1.82) is 0 Å². The molecule has 0 aliphatic heterocycles. The number of ether oxygens (including phenoxy) is 1. The molecule has 1 N–H and O–H groups in total. The highest BCUT2D eigenvalue weighted by Crippen LogP contribution is 2.36. The molecular formula is C25H33N3O3. The molecule has 2 aromatic carbocycles. The topological polar surface area (TPSA) is 77.2 Å². The molecule has 3 aromatic rings. The highest BCUT2D eigenvalue weighted by molar-refractivity contribution is 5.91. The summed E-state index contributed by atoms with van der Waals surface area (Å²) in [7, 11) is 0. The van der Waals surface area contributed by atoms with Crippen LogP contribution in [0.4, 0.5) is 0 Å². The molecule has 1 unspecified atom stereocenters. The molecule has 0 amide bonds. The van der Waals surface area contributed by atoms with Crippen LogP contribution in [0.2, 0.25) is 0 Å². The second-order valence-corrected chi connectivity index (χ2v) is 9.18. The molecule has 0 saturated carbocycles. The zero-order valence-corrected chi connectivity index (χ0v) is 19.2. The third-order valence-electron chi connectivity index (χ3n) is 5.41. The summed E-state index contributed by atoms with van der Waals surface area (Å²) in [6.07, 6.45) is 5.24. The molecule has 1 atom stereocenters. The lowest BCUT2D eigenvalue weighted by atomic mass is 9.85. The minimum Gasteiger partial charge on any atom is -0.505 e. The van der Waals surface area contributed by atoms with Crippen molar-refractivity contribution in [1.82, 2.24) is 15.0 Å². The molecule has 0 saturated heterocycles. The van der Waals surface area contributed by atoms with E-state index in [1.807, 2.05) is 52.0 Å². The molecule has 1 aromatic heterocycles. The minimum absolute atomic E-state index is 0.0666. The lowest BCUT2D eigenvalue weighted by Gasteiger charge is -2.23. The van der Waals surface area contributed by atoms with Crippen LogP contribution >= 0.6 is 0 Å². The van der Waals surface area contributed by atoms with Gasteiger partial charge in [-0.2, -0.15) is 0 Å². The van der Waals surface area contributed by atoms with Crippen LogP contribution in [-0.2, 0) is 10.2 Å². The van der Waals surface area contributed by atoms with Crippen molar-refractivity contribution in [3.05, 3.63) is 47.5 Å². The number of aromatic hydroxyl groups is 1. The summed E-state index contributed by atoms with van der Waals surface area (Å²) in [5, 5.41) is 20.0. The minimum atomic E-state index is -0.397. The zero-order chi connectivity index (χ0) is 22.6. The molecule has 0 radical (unpaired) electrons. The quantitative estimate of drug-likeness (QED) is 0.358. The van der Waals surface area contributed by atoms with E-state index in [1.54, 1.807) is 12.1 Å². The average Bonchev–Trinajstić information content (AvgIpc) is 3.14. The molecule has 0 spiro atoms. The number of benzene rings is 2. The second-order valence-electron chi connectivity index (χ2n) is 9.18. The largest absolute Gasteiger partial charge is 0.505 e. The molecule has 6 nitrogen and oxygen atoms in total. The SMILES string of the molecule is CCCCCCC(C)OC(=O)c1cc(-n2nc3ccccc3n2)c(O)c(C(C)(C)C)c1. The Morgan fingerprint density at radius 1 is 1.10 bits per heavy atom. The molecule has 0 aliphatic carbocycles. The van der Waals surface area contributed by atoms with Crippen LogP contribution in [0.25, 0.3) is 16.7 Å². The fourth-order valence-corrected chi connectivity index (χ4v) is 3.60. The van der Waals surface area contributed by atoms with Gasteiger partial charge in [0.15, 0.2) is 0 Å². The van der Waals surface area contributed by atoms with Crippen LogP contribution < -0.4 is 0 Å². The molecule has 6 heteroatoms. The van der Waals surface area contributed by atoms with Gasteiger partial charge < -0.3 is 9.84 Å². The van der Waals surface area contributed by atoms with Gasteiger partial charge >= 0.3 is 5.97 Å². The summed E-state index contributed by atoms with van der Waals surface area (Å²) in [6, 6.07) is 10.8. The number of fused-ring (bicyclic) bond motifs is 1. The van der Waals surface area contributed by atoms with Gasteiger partial charge in [0.05, 0.1) is 11.7 Å². The monoisotopic (exact) mass is 423 g/mol. The predicted octanol–water partition coefficient (Wildman–Crippen LogP) is 5.94. The van der Waals surface area contributed by atoms with E-state index in [0.717, 1.165) is 19.3 Å². The predicted molar refractivity (Wildman–Crippen MR) is 123 cm³/mol. The number of rotatable bonds is 8. The van der Waals surface area contributed by atoms with Crippen molar-refractivity contribution < 1.29 is 14.6 Å². The third kappa shape index (κ3) is 5.43. The highest BCUT2D eigenvalue weighted by Gasteiger charge is 2.25. The first-order valence-electron chi connectivity index (χ1n) is 11.1. The Kier molecular flexibility index (Phi) is 6.98. The fourth-order valence-electron chi connectivity index (χ4n) is 3.60. The third-order valence-corrected chi connectivity index (χ3v) is 5.41. The van der Waals surface area contributed by atoms with E-state index >= 15 is 0 Å². The van der Waals surface area contributed by atoms with Gasteiger partial charge in [-0.1, -0.05) is 59.1 Å². The number of hydrogen-bond acceptors (Lipinski definition) is 5. The number of carbonyl (C=O) groups excluding carboxylic acids is 1. The number of esters is 1. The van der Waals surface area contributed by atoms with E-state index in [9.17, 15) is 9.90 Å². The van der Waals surface area contributed by atoms with Crippen LogP contribution in [-0.4, -0.2) is 32.2 Å². The Bertz CT molecular complexity index is 1020. The van der Waals surface area contributed by atoms with Gasteiger partial charge in [0.2, 0.25) is 0 Å². The second kappa shape index (κ2) is 9.50. The fraction of sp³-hybridized carbons (Fsp3) is 0.480. The summed E-state index contributed by atoms with van der Waals surface area (Å²) in [5.74, 6) is -0.330. The standard InChI is InChI=1S/C25H33N3O3/c1-6-7-8-9-12-17(2)31-24(30)18-15-19(25(3,4)5)23(29)22(16-18)28-26-20-13-10-11-14-21(20)27-28/h10-11,13-17,29H,6-9,12H2,1-5H3. The number of unbranched alkanes of at least 4 members (excludes halogenated alkanes) is 3. The van der Waals surface area contributed by atoms with Gasteiger partial charge in [-0.15, -0.1) is 15.0 Å². The maximum atomic E-state index is 12.9. The Labute approximate surface area is 184 Å². The molecule has 31 heavy (non-hydrogen) atoms. The summed E-state index contributed by atoms with van der Waals surface area (Å²) in [5.41, 5.74) is 2.45. The summed E-state index contributed by atoms with van der Waals surface area (Å²) < 4.78 is 5.70. The smallest absolute Gasteiger partial charge is 0.338 e.